The first-order valence-electron chi connectivity index (χ1n) is 23.2. The third kappa shape index (κ3) is 7.15. The average molecular weight is 873 g/mol. The number of aromatic nitrogens is 2. The summed E-state index contributed by atoms with van der Waals surface area (Å²) >= 11 is 0. The van der Waals surface area contributed by atoms with Crippen LogP contribution in [0.25, 0.3) is 121 Å². The molecule has 0 fully saturated rings. The Morgan fingerprint density at radius 1 is 0.397 bits per heavy atom. The number of fused-ring (bicyclic) bond motifs is 12. The van der Waals surface area contributed by atoms with Gasteiger partial charge in [-0.05, 0) is 149 Å². The van der Waals surface area contributed by atoms with Crippen molar-refractivity contribution >= 4 is 70.7 Å². The highest BCUT2D eigenvalue weighted by molar-refractivity contribution is 6.26. The third-order valence-electron chi connectivity index (χ3n) is 13.5. The van der Waals surface area contributed by atoms with Gasteiger partial charge in [-0.3, -0.25) is 14.8 Å². The number of carbonyl (C=O) groups excluding carboxylic acids is 1. The molecule has 322 valence electrons. The predicted octanol–water partition coefficient (Wildman–Crippen LogP) is 16.7. The van der Waals surface area contributed by atoms with Crippen molar-refractivity contribution < 1.29 is 9.90 Å². The number of ketones is 1. The summed E-state index contributed by atoms with van der Waals surface area (Å²) in [6, 6.07) is 72.0. The minimum Gasteiger partial charge on any atom is -0.512 e. The van der Waals surface area contributed by atoms with Crippen LogP contribution in [0.1, 0.15) is 18.9 Å². The maximum absolute atomic E-state index is 12.9. The fourth-order valence-corrected chi connectivity index (χ4v) is 10.5. The van der Waals surface area contributed by atoms with Gasteiger partial charge in [0.1, 0.15) is 0 Å². The monoisotopic (exact) mass is 872 g/mol. The maximum atomic E-state index is 12.9. The Kier molecular flexibility index (Phi) is 10.1. The summed E-state index contributed by atoms with van der Waals surface area (Å²) in [5.41, 5.74) is 14.1. The van der Waals surface area contributed by atoms with Crippen LogP contribution in [0.2, 0.25) is 0 Å². The molecule has 68 heavy (non-hydrogen) atoms. The van der Waals surface area contributed by atoms with Gasteiger partial charge in [0.15, 0.2) is 5.78 Å². The van der Waals surface area contributed by atoms with Crippen molar-refractivity contribution in [3.8, 4) is 55.6 Å². The Balaban J connectivity index is 1.06. The minimum atomic E-state index is -0.101. The van der Waals surface area contributed by atoms with Crippen LogP contribution in [0, 0.1) is 0 Å². The van der Waals surface area contributed by atoms with E-state index in [2.05, 4.69) is 182 Å². The molecule has 0 aliphatic rings. The van der Waals surface area contributed by atoms with E-state index in [9.17, 15) is 9.90 Å². The zero-order chi connectivity index (χ0) is 45.7. The van der Waals surface area contributed by atoms with Crippen molar-refractivity contribution in [1.29, 1.82) is 0 Å². The Labute approximate surface area is 394 Å². The highest BCUT2D eigenvalue weighted by Crippen LogP contribution is 2.44. The number of allylic oxidation sites excluding steroid dienone is 2. The van der Waals surface area contributed by atoms with Gasteiger partial charge in [-0.25, -0.2) is 0 Å². The fourth-order valence-electron chi connectivity index (χ4n) is 10.5. The van der Waals surface area contributed by atoms with E-state index in [-0.39, 0.29) is 18.0 Å². The van der Waals surface area contributed by atoms with Crippen molar-refractivity contribution in [3.63, 3.8) is 0 Å². The topological polar surface area (TPSA) is 63.1 Å². The Morgan fingerprint density at radius 2 is 0.765 bits per heavy atom. The molecule has 0 saturated carbocycles. The van der Waals surface area contributed by atoms with Gasteiger partial charge in [-0.2, -0.15) is 0 Å². The van der Waals surface area contributed by atoms with Crippen LogP contribution in [0.3, 0.4) is 0 Å². The molecular formula is C64H44N2O2. The Bertz CT molecular complexity index is 3740. The molecule has 12 rings (SSSR count). The normalized spacial score (nSPS) is 11.9. The molecule has 12 aromatic rings. The molecule has 4 nitrogen and oxygen atoms in total. The third-order valence-corrected chi connectivity index (χ3v) is 13.5. The highest BCUT2D eigenvalue weighted by Gasteiger charge is 2.18. The first-order chi connectivity index (χ1) is 33.5. The first-order valence-corrected chi connectivity index (χ1v) is 23.2. The summed E-state index contributed by atoms with van der Waals surface area (Å²) in [6.07, 6.45) is 5.91. The average Bonchev–Trinajstić information content (AvgIpc) is 3.40. The molecule has 0 aliphatic carbocycles. The van der Waals surface area contributed by atoms with Crippen molar-refractivity contribution in [3.05, 3.63) is 230 Å². The molecule has 10 aromatic carbocycles. The molecular weight excluding hydrogens is 829 g/mol. The van der Waals surface area contributed by atoms with Gasteiger partial charge in [0.25, 0.3) is 0 Å². The van der Waals surface area contributed by atoms with Gasteiger partial charge in [-0.15, -0.1) is 0 Å². The molecule has 0 aliphatic heterocycles. The Hall–Kier alpha value is -8.73. The van der Waals surface area contributed by atoms with Crippen molar-refractivity contribution in [2.45, 2.75) is 19.8 Å². The number of carbonyl (C=O) groups is 1. The lowest BCUT2D eigenvalue weighted by molar-refractivity contribution is -0.114. The second-order valence-electron chi connectivity index (χ2n) is 17.7. The van der Waals surface area contributed by atoms with Crippen LogP contribution in [-0.2, 0) is 11.2 Å². The SMILES string of the molecule is C/C(O)=C/C(=O)CCc1ccccc1-c1cc(-c2ccccc2-c2ccc3c(c2)c2ccccc2c2cccnc23)cc(-c2ccccc2-c2ccc3c(c2)c2ccccc2c2cccnc23)c1. The van der Waals surface area contributed by atoms with Gasteiger partial charge < -0.3 is 5.11 Å². The molecule has 0 radical (unpaired) electrons. The number of nitrogens with zero attached hydrogens (tertiary/aromatic N) is 2. The number of hydrogen-bond acceptors (Lipinski definition) is 4. The molecule has 0 spiro atoms. The van der Waals surface area contributed by atoms with Gasteiger partial charge in [0.2, 0.25) is 0 Å². The standard InChI is InChI=1S/C64H44N2O2/c1-40(67)34-47(68)29-26-41-14-2-3-15-48(41)44-35-45(51-18-6-4-16-49(51)42-27-30-59-61(38-42)55-22-10-8-20-53(55)57-24-12-32-65-63(57)59)37-46(36-44)52-19-7-5-17-50(52)43-28-31-60-62(39-43)56-23-11-9-21-54(56)58-25-13-33-66-64(58)60/h2-25,27-28,30-39,67H,26,29H2,1H3/b40-34-. The molecule has 2 aromatic heterocycles. The summed E-state index contributed by atoms with van der Waals surface area (Å²) in [5, 5.41) is 21.6. The van der Waals surface area contributed by atoms with E-state index in [1.54, 1.807) is 0 Å². The van der Waals surface area contributed by atoms with Gasteiger partial charge in [0, 0.05) is 46.4 Å². The molecule has 0 bridgehead atoms. The van der Waals surface area contributed by atoms with E-state index in [1.807, 2.05) is 30.6 Å². The summed E-state index contributed by atoms with van der Waals surface area (Å²) < 4.78 is 0. The number of aryl methyl sites for hydroxylation is 1. The summed E-state index contributed by atoms with van der Waals surface area (Å²) in [4.78, 5) is 22.7. The molecule has 2 heterocycles. The summed E-state index contributed by atoms with van der Waals surface area (Å²) in [6.45, 7) is 1.53. The minimum absolute atomic E-state index is 0.0206. The van der Waals surface area contributed by atoms with E-state index in [1.165, 1.54) is 45.3 Å². The quantitative estimate of drug-likeness (QED) is 0.0891. The maximum Gasteiger partial charge on any atom is 0.159 e. The highest BCUT2D eigenvalue weighted by atomic mass is 16.3. The molecule has 0 saturated heterocycles. The van der Waals surface area contributed by atoms with E-state index >= 15 is 0 Å². The van der Waals surface area contributed by atoms with Crippen molar-refractivity contribution in [2.75, 3.05) is 0 Å². The number of aliphatic hydroxyl groups excluding tert-OH is 1. The van der Waals surface area contributed by atoms with Crippen molar-refractivity contribution in [2.24, 2.45) is 0 Å². The molecule has 1 N–H and O–H groups in total. The van der Waals surface area contributed by atoms with Crippen LogP contribution >= 0.6 is 0 Å². The zero-order valence-electron chi connectivity index (χ0n) is 37.4. The summed E-state index contributed by atoms with van der Waals surface area (Å²) in [5.74, 6) is -0.0804. The number of rotatable bonds is 9. The fraction of sp³-hybridized carbons (Fsp3) is 0.0469. The van der Waals surface area contributed by atoms with E-state index in [0.717, 1.165) is 93.8 Å². The second-order valence-corrected chi connectivity index (χ2v) is 17.7. The predicted molar refractivity (Wildman–Crippen MR) is 284 cm³/mol. The van der Waals surface area contributed by atoms with Crippen LogP contribution in [0.4, 0.5) is 0 Å². The van der Waals surface area contributed by atoms with E-state index in [4.69, 9.17) is 9.97 Å². The second kappa shape index (κ2) is 16.9. The van der Waals surface area contributed by atoms with Gasteiger partial charge in [-0.1, -0.05) is 158 Å². The lowest BCUT2D eigenvalue weighted by Crippen LogP contribution is -1.99. The van der Waals surface area contributed by atoms with E-state index in [0.29, 0.717) is 6.42 Å². The summed E-state index contributed by atoms with van der Waals surface area (Å²) in [7, 11) is 0. The molecule has 4 heteroatoms. The van der Waals surface area contributed by atoms with Gasteiger partial charge in [0.05, 0.1) is 16.8 Å². The van der Waals surface area contributed by atoms with Crippen molar-refractivity contribution in [1.82, 2.24) is 9.97 Å². The zero-order valence-corrected chi connectivity index (χ0v) is 37.4. The van der Waals surface area contributed by atoms with E-state index < -0.39 is 0 Å². The van der Waals surface area contributed by atoms with Crippen LogP contribution in [-0.4, -0.2) is 20.9 Å². The lowest BCUT2D eigenvalue weighted by Gasteiger charge is -2.18. The molecule has 0 unspecified atom stereocenters. The van der Waals surface area contributed by atoms with Crippen LogP contribution in [0.5, 0.6) is 0 Å². The number of pyridine rings is 2. The lowest BCUT2D eigenvalue weighted by atomic mass is 9.85. The number of hydrogen-bond donors (Lipinski definition) is 1. The largest absolute Gasteiger partial charge is 0.512 e. The number of benzene rings is 10. The van der Waals surface area contributed by atoms with Crippen LogP contribution in [0.15, 0.2) is 224 Å². The smallest absolute Gasteiger partial charge is 0.159 e. The van der Waals surface area contributed by atoms with Gasteiger partial charge >= 0.3 is 0 Å². The number of aliphatic hydroxyl groups is 1. The van der Waals surface area contributed by atoms with Crippen LogP contribution < -0.4 is 0 Å². The molecule has 0 amide bonds. The Morgan fingerprint density at radius 3 is 1.24 bits per heavy atom. The molecule has 0 atom stereocenters. The first kappa shape index (κ1) is 40.8.